The van der Waals surface area contributed by atoms with Gasteiger partial charge in [0.1, 0.15) is 11.4 Å². The lowest BCUT2D eigenvalue weighted by Gasteiger charge is -2.03. The number of nitrogen functional groups attached to an aromatic ring is 1. The molecule has 3 N–H and O–H groups in total. The van der Waals surface area contributed by atoms with Gasteiger partial charge >= 0.3 is 0 Å². The lowest BCUT2D eigenvalue weighted by molar-refractivity contribution is 0.0955. The first kappa shape index (κ1) is 12.6. The van der Waals surface area contributed by atoms with Crippen molar-refractivity contribution in [3.8, 4) is 0 Å². The van der Waals surface area contributed by atoms with Gasteiger partial charge in [-0.15, -0.1) is 11.3 Å². The van der Waals surface area contributed by atoms with Gasteiger partial charge in [-0.3, -0.25) is 9.48 Å². The van der Waals surface area contributed by atoms with Crippen molar-refractivity contribution in [2.45, 2.75) is 13.3 Å². The molecule has 0 saturated carbocycles. The van der Waals surface area contributed by atoms with Crippen LogP contribution in [0.1, 0.15) is 21.1 Å². The molecule has 0 fully saturated rings. The minimum absolute atomic E-state index is 0.201. The number of carbonyl (C=O) groups excluding carboxylic acids is 1. The Bertz CT molecular complexity index is 560. The molecule has 0 radical (unpaired) electrons. The van der Waals surface area contributed by atoms with E-state index in [1.807, 2.05) is 12.3 Å². The lowest BCUT2D eigenvalue weighted by Crippen LogP contribution is -2.26. The molecule has 2 heterocycles. The molecular weight excluding hydrogens is 250 g/mol. The zero-order valence-corrected chi connectivity index (χ0v) is 11.1. The number of aromatic nitrogens is 3. The monoisotopic (exact) mass is 265 g/mol. The Morgan fingerprint density at radius 2 is 2.39 bits per heavy atom. The Hall–Kier alpha value is -1.89. The van der Waals surface area contributed by atoms with Gasteiger partial charge in [-0.25, -0.2) is 4.98 Å². The highest BCUT2D eigenvalue weighted by Gasteiger charge is 2.12. The van der Waals surface area contributed by atoms with Gasteiger partial charge in [0.15, 0.2) is 0 Å². The van der Waals surface area contributed by atoms with Crippen LogP contribution in [0, 0.1) is 6.92 Å². The van der Waals surface area contributed by atoms with E-state index in [0.29, 0.717) is 17.9 Å². The maximum Gasteiger partial charge on any atom is 0.256 e. The summed E-state index contributed by atoms with van der Waals surface area (Å²) in [6.07, 6.45) is 2.19. The largest absolute Gasteiger partial charge is 0.383 e. The van der Waals surface area contributed by atoms with Crippen LogP contribution >= 0.6 is 11.3 Å². The third-order valence-electron chi connectivity index (χ3n) is 2.56. The van der Waals surface area contributed by atoms with Crippen LogP contribution < -0.4 is 11.1 Å². The number of nitrogens with two attached hydrogens (primary N) is 1. The number of aryl methyl sites for hydroxylation is 2. The molecule has 0 spiro atoms. The predicted octanol–water partition coefficient (Wildman–Crippen LogP) is 0.740. The molecule has 0 aliphatic heterocycles. The van der Waals surface area contributed by atoms with Crippen molar-refractivity contribution in [3.05, 3.63) is 27.8 Å². The van der Waals surface area contributed by atoms with Gasteiger partial charge in [0, 0.05) is 25.4 Å². The number of nitrogens with one attached hydrogen (secondary N) is 1. The van der Waals surface area contributed by atoms with Gasteiger partial charge in [0.25, 0.3) is 5.91 Å². The van der Waals surface area contributed by atoms with Crippen LogP contribution in [0.25, 0.3) is 0 Å². The molecule has 18 heavy (non-hydrogen) atoms. The highest BCUT2D eigenvalue weighted by molar-refractivity contribution is 7.09. The first-order valence-corrected chi connectivity index (χ1v) is 6.42. The van der Waals surface area contributed by atoms with Crippen LogP contribution in [0.4, 0.5) is 5.82 Å². The number of hydrogen-bond donors (Lipinski definition) is 2. The summed E-state index contributed by atoms with van der Waals surface area (Å²) in [5.74, 6) is 0.171. The standard InChI is InChI=1S/C11H15N5OS/c1-7-15-8(6-18-7)3-4-13-11(17)9-5-14-16(2)10(9)12/h5-6H,3-4,12H2,1-2H3,(H,13,17). The molecule has 6 nitrogen and oxygen atoms in total. The predicted molar refractivity (Wildman–Crippen MR) is 70.5 cm³/mol. The molecule has 0 aromatic carbocycles. The van der Waals surface area contributed by atoms with E-state index >= 15 is 0 Å². The molecule has 0 aliphatic carbocycles. The molecule has 0 atom stereocenters. The van der Waals surface area contributed by atoms with E-state index in [9.17, 15) is 4.79 Å². The quantitative estimate of drug-likeness (QED) is 0.853. The van der Waals surface area contributed by atoms with E-state index in [-0.39, 0.29) is 5.91 Å². The molecule has 2 aromatic heterocycles. The summed E-state index contributed by atoms with van der Waals surface area (Å²) in [6.45, 7) is 2.50. The smallest absolute Gasteiger partial charge is 0.256 e. The highest BCUT2D eigenvalue weighted by Crippen LogP contribution is 2.10. The van der Waals surface area contributed by atoms with Crippen molar-refractivity contribution in [2.24, 2.45) is 7.05 Å². The summed E-state index contributed by atoms with van der Waals surface area (Å²) in [5.41, 5.74) is 7.13. The molecule has 7 heteroatoms. The van der Waals surface area contributed by atoms with Crippen molar-refractivity contribution < 1.29 is 4.79 Å². The number of rotatable bonds is 4. The summed E-state index contributed by atoms with van der Waals surface area (Å²) < 4.78 is 1.47. The summed E-state index contributed by atoms with van der Waals surface area (Å²) in [4.78, 5) is 16.1. The van der Waals surface area contributed by atoms with E-state index in [4.69, 9.17) is 5.73 Å². The Morgan fingerprint density at radius 3 is 2.94 bits per heavy atom. The third-order valence-corrected chi connectivity index (χ3v) is 3.38. The fourth-order valence-electron chi connectivity index (χ4n) is 1.54. The normalized spacial score (nSPS) is 10.6. The Kier molecular flexibility index (Phi) is 3.61. The molecule has 0 aliphatic rings. The van der Waals surface area contributed by atoms with Gasteiger partial charge in [-0.2, -0.15) is 5.10 Å². The van der Waals surface area contributed by atoms with Gasteiger partial charge in [-0.1, -0.05) is 0 Å². The maximum atomic E-state index is 11.8. The number of anilines is 1. The first-order valence-electron chi connectivity index (χ1n) is 5.54. The molecule has 2 aromatic rings. The topological polar surface area (TPSA) is 85.8 Å². The summed E-state index contributed by atoms with van der Waals surface area (Å²) in [7, 11) is 1.70. The van der Waals surface area contributed by atoms with E-state index in [1.165, 1.54) is 10.9 Å². The summed E-state index contributed by atoms with van der Waals surface area (Å²) >= 11 is 1.61. The van der Waals surface area contributed by atoms with Crippen molar-refractivity contribution in [1.29, 1.82) is 0 Å². The molecule has 0 bridgehead atoms. The average molecular weight is 265 g/mol. The minimum Gasteiger partial charge on any atom is -0.383 e. The van der Waals surface area contributed by atoms with Crippen molar-refractivity contribution in [3.63, 3.8) is 0 Å². The van der Waals surface area contributed by atoms with Gasteiger partial charge in [-0.05, 0) is 6.92 Å². The van der Waals surface area contributed by atoms with Crippen molar-refractivity contribution in [2.75, 3.05) is 12.3 Å². The van der Waals surface area contributed by atoms with Gasteiger partial charge in [0.2, 0.25) is 0 Å². The minimum atomic E-state index is -0.201. The van der Waals surface area contributed by atoms with Crippen LogP contribution in [0.3, 0.4) is 0 Å². The molecular formula is C11H15N5OS. The Morgan fingerprint density at radius 1 is 1.61 bits per heavy atom. The molecule has 96 valence electrons. The molecule has 2 rings (SSSR count). The lowest BCUT2D eigenvalue weighted by atomic mass is 10.3. The van der Waals surface area contributed by atoms with E-state index < -0.39 is 0 Å². The number of nitrogens with zero attached hydrogens (tertiary/aromatic N) is 3. The summed E-state index contributed by atoms with van der Waals surface area (Å²) in [5, 5.41) is 9.77. The van der Waals surface area contributed by atoms with Crippen LogP contribution in [0.15, 0.2) is 11.6 Å². The van der Waals surface area contributed by atoms with E-state index in [2.05, 4.69) is 15.4 Å². The molecule has 0 saturated heterocycles. The molecule has 1 amide bonds. The van der Waals surface area contributed by atoms with Crippen LogP contribution in [0.5, 0.6) is 0 Å². The number of carbonyl (C=O) groups is 1. The van der Waals surface area contributed by atoms with Crippen LogP contribution in [0.2, 0.25) is 0 Å². The fraction of sp³-hybridized carbons (Fsp3) is 0.364. The number of hydrogen-bond acceptors (Lipinski definition) is 5. The third kappa shape index (κ3) is 2.67. The second kappa shape index (κ2) is 5.18. The number of thiazole rings is 1. The van der Waals surface area contributed by atoms with Crippen molar-refractivity contribution in [1.82, 2.24) is 20.1 Å². The second-order valence-electron chi connectivity index (χ2n) is 3.93. The zero-order valence-electron chi connectivity index (χ0n) is 10.3. The SMILES string of the molecule is Cc1nc(CCNC(=O)c2cnn(C)c2N)cs1. The second-order valence-corrected chi connectivity index (χ2v) is 4.99. The van der Waals surface area contributed by atoms with Gasteiger partial charge < -0.3 is 11.1 Å². The van der Waals surface area contributed by atoms with Crippen LogP contribution in [-0.4, -0.2) is 27.2 Å². The highest BCUT2D eigenvalue weighted by atomic mass is 32.1. The van der Waals surface area contributed by atoms with Gasteiger partial charge in [0.05, 0.1) is 16.9 Å². The molecule has 0 unspecified atom stereocenters. The van der Waals surface area contributed by atoms with E-state index in [1.54, 1.807) is 18.4 Å². The Balaban J connectivity index is 1.87. The first-order chi connectivity index (χ1) is 8.58. The fourth-order valence-corrected chi connectivity index (χ4v) is 2.19. The average Bonchev–Trinajstić information content (AvgIpc) is 2.87. The summed E-state index contributed by atoms with van der Waals surface area (Å²) in [6, 6.07) is 0. The maximum absolute atomic E-state index is 11.8. The zero-order chi connectivity index (χ0) is 13.1. The van der Waals surface area contributed by atoms with E-state index in [0.717, 1.165) is 17.1 Å². The van der Waals surface area contributed by atoms with Crippen molar-refractivity contribution >= 4 is 23.1 Å². The Labute approximate surface area is 109 Å². The number of amides is 1. The van der Waals surface area contributed by atoms with Crippen LogP contribution in [-0.2, 0) is 13.5 Å².